The Morgan fingerprint density at radius 3 is 2.90 bits per heavy atom. The number of rotatable bonds is 4. The summed E-state index contributed by atoms with van der Waals surface area (Å²) in [5.74, 6) is 3.12. The van der Waals surface area contributed by atoms with Crippen LogP contribution < -0.4 is 5.32 Å². The topological polar surface area (TPSA) is 35.8 Å². The van der Waals surface area contributed by atoms with Crippen LogP contribution in [-0.2, 0) is 0 Å². The number of nitrogens with one attached hydrogen (secondary N) is 1. The zero-order valence-electron chi connectivity index (χ0n) is 5.97. The number of hydrogen-bond acceptors (Lipinski definition) is 3. The molecule has 0 saturated carbocycles. The minimum absolute atomic E-state index is 0.699. The van der Waals surface area contributed by atoms with E-state index in [1.54, 1.807) is 0 Å². The molecule has 1 N–H and O–H groups in total. The molecule has 1 rings (SSSR count). The Kier molecular flexibility index (Phi) is 3.63. The summed E-state index contributed by atoms with van der Waals surface area (Å²) in [6, 6.07) is 2.14. The molecule has 0 aromatic heterocycles. The van der Waals surface area contributed by atoms with Crippen LogP contribution in [0.4, 0.5) is 0 Å². The first-order valence-corrected chi connectivity index (χ1v) is 4.74. The quantitative estimate of drug-likeness (QED) is 0.613. The lowest BCUT2D eigenvalue weighted by Crippen LogP contribution is -2.43. The lowest BCUT2D eigenvalue weighted by molar-refractivity contribution is 0.385. The van der Waals surface area contributed by atoms with Gasteiger partial charge in [-0.1, -0.05) is 0 Å². The first-order valence-electron chi connectivity index (χ1n) is 3.59. The Hall–Kier alpha value is -0.200. The van der Waals surface area contributed by atoms with Gasteiger partial charge in [0.15, 0.2) is 0 Å². The van der Waals surface area contributed by atoms with Crippen molar-refractivity contribution in [3.63, 3.8) is 0 Å². The van der Waals surface area contributed by atoms with E-state index >= 15 is 0 Å². The highest BCUT2D eigenvalue weighted by Crippen LogP contribution is 2.12. The molecular weight excluding hydrogens is 144 g/mol. The Labute approximate surface area is 66.0 Å². The van der Waals surface area contributed by atoms with Gasteiger partial charge in [-0.15, -0.1) is 0 Å². The van der Waals surface area contributed by atoms with Gasteiger partial charge in [0.1, 0.15) is 0 Å². The molecule has 0 bridgehead atoms. The van der Waals surface area contributed by atoms with Crippen molar-refractivity contribution in [3.05, 3.63) is 0 Å². The predicted molar refractivity (Wildman–Crippen MR) is 43.9 cm³/mol. The van der Waals surface area contributed by atoms with Gasteiger partial charge in [0.25, 0.3) is 0 Å². The van der Waals surface area contributed by atoms with Gasteiger partial charge < -0.3 is 5.32 Å². The monoisotopic (exact) mass is 156 g/mol. The minimum Gasteiger partial charge on any atom is -0.316 e. The highest BCUT2D eigenvalue weighted by molar-refractivity contribution is 7.99. The number of hydrogen-bond donors (Lipinski definition) is 1. The summed E-state index contributed by atoms with van der Waals surface area (Å²) in [5.41, 5.74) is 0. The summed E-state index contributed by atoms with van der Waals surface area (Å²) in [7, 11) is 0. The summed E-state index contributed by atoms with van der Waals surface area (Å²) < 4.78 is 0. The molecule has 0 aromatic carbocycles. The largest absolute Gasteiger partial charge is 0.316 e. The average molecular weight is 156 g/mol. The Balaban J connectivity index is 1.81. The number of nitrogens with zero attached hydrogens (tertiary/aromatic N) is 1. The van der Waals surface area contributed by atoms with Crippen LogP contribution in [0.2, 0.25) is 0 Å². The van der Waals surface area contributed by atoms with E-state index in [4.69, 9.17) is 5.26 Å². The van der Waals surface area contributed by atoms with Crippen molar-refractivity contribution in [2.75, 3.05) is 24.6 Å². The van der Waals surface area contributed by atoms with Crippen LogP contribution in [0, 0.1) is 17.2 Å². The van der Waals surface area contributed by atoms with Crippen LogP contribution in [0.25, 0.3) is 0 Å². The summed E-state index contributed by atoms with van der Waals surface area (Å²) >= 11 is 1.90. The molecule has 0 unspecified atom stereocenters. The third-order valence-corrected chi connectivity index (χ3v) is 2.78. The Bertz CT molecular complexity index is 126. The van der Waals surface area contributed by atoms with E-state index in [2.05, 4.69) is 11.4 Å². The van der Waals surface area contributed by atoms with Crippen molar-refractivity contribution in [3.8, 4) is 6.07 Å². The summed E-state index contributed by atoms with van der Waals surface area (Å²) in [5, 5.41) is 11.5. The van der Waals surface area contributed by atoms with Gasteiger partial charge >= 0.3 is 0 Å². The molecule has 0 aromatic rings. The van der Waals surface area contributed by atoms with Crippen molar-refractivity contribution in [1.29, 1.82) is 5.26 Å². The summed E-state index contributed by atoms with van der Waals surface area (Å²) in [4.78, 5) is 0. The van der Waals surface area contributed by atoms with E-state index in [1.165, 1.54) is 18.8 Å². The van der Waals surface area contributed by atoms with E-state index in [1.807, 2.05) is 11.8 Å². The van der Waals surface area contributed by atoms with Crippen molar-refractivity contribution >= 4 is 11.8 Å². The maximum atomic E-state index is 8.23. The second-order valence-corrected chi connectivity index (χ2v) is 3.66. The lowest BCUT2D eigenvalue weighted by atomic mass is 10.1. The Morgan fingerprint density at radius 2 is 2.40 bits per heavy atom. The van der Waals surface area contributed by atoms with Crippen LogP contribution in [-0.4, -0.2) is 24.6 Å². The highest BCUT2D eigenvalue weighted by atomic mass is 32.2. The third-order valence-electron chi connectivity index (χ3n) is 1.58. The SMILES string of the molecule is N#CCCSCC1CNC1. The molecule has 1 aliphatic heterocycles. The number of nitriles is 1. The smallest absolute Gasteiger partial charge is 0.0630 e. The second-order valence-electron chi connectivity index (χ2n) is 2.51. The highest BCUT2D eigenvalue weighted by Gasteiger charge is 2.15. The van der Waals surface area contributed by atoms with Gasteiger partial charge in [0.05, 0.1) is 6.07 Å². The maximum absolute atomic E-state index is 8.23. The minimum atomic E-state index is 0.699. The molecule has 1 aliphatic rings. The van der Waals surface area contributed by atoms with E-state index in [9.17, 15) is 0 Å². The van der Waals surface area contributed by atoms with Gasteiger partial charge in [-0.05, 0) is 24.8 Å². The maximum Gasteiger partial charge on any atom is 0.0630 e. The molecule has 1 heterocycles. The molecule has 0 aliphatic carbocycles. The molecule has 0 atom stereocenters. The first kappa shape index (κ1) is 7.90. The first-order chi connectivity index (χ1) is 4.93. The fraction of sp³-hybridized carbons (Fsp3) is 0.857. The van der Waals surface area contributed by atoms with Crippen LogP contribution in [0.5, 0.6) is 0 Å². The van der Waals surface area contributed by atoms with Gasteiger partial charge in [-0.25, -0.2) is 0 Å². The van der Waals surface area contributed by atoms with Crippen LogP contribution in [0.15, 0.2) is 0 Å². The van der Waals surface area contributed by atoms with Gasteiger partial charge in [-0.3, -0.25) is 0 Å². The zero-order chi connectivity index (χ0) is 7.23. The average Bonchev–Trinajstić information content (AvgIpc) is 1.84. The lowest BCUT2D eigenvalue weighted by Gasteiger charge is -2.26. The van der Waals surface area contributed by atoms with Crippen LogP contribution >= 0.6 is 11.8 Å². The van der Waals surface area contributed by atoms with Gasteiger partial charge in [0.2, 0.25) is 0 Å². The van der Waals surface area contributed by atoms with Crippen molar-refractivity contribution in [2.45, 2.75) is 6.42 Å². The summed E-state index contributed by atoms with van der Waals surface area (Å²) in [6.45, 7) is 2.36. The molecule has 0 spiro atoms. The van der Waals surface area contributed by atoms with E-state index in [0.717, 1.165) is 11.7 Å². The van der Waals surface area contributed by atoms with E-state index in [0.29, 0.717) is 6.42 Å². The predicted octanol–water partition coefficient (Wildman–Crippen LogP) is 0.853. The molecule has 0 radical (unpaired) electrons. The standard InChI is InChI=1S/C7H12N2S/c8-2-1-3-10-6-7-4-9-5-7/h7,9H,1,3-6H2. The van der Waals surface area contributed by atoms with Gasteiger partial charge in [0, 0.05) is 12.2 Å². The normalized spacial score (nSPS) is 17.9. The molecular formula is C7H12N2S. The van der Waals surface area contributed by atoms with Crippen LogP contribution in [0.1, 0.15) is 6.42 Å². The van der Waals surface area contributed by atoms with Crippen molar-refractivity contribution in [1.82, 2.24) is 5.32 Å². The molecule has 1 saturated heterocycles. The van der Waals surface area contributed by atoms with Gasteiger partial charge in [-0.2, -0.15) is 17.0 Å². The molecule has 1 fully saturated rings. The van der Waals surface area contributed by atoms with Crippen molar-refractivity contribution in [2.24, 2.45) is 5.92 Å². The number of thioether (sulfide) groups is 1. The third kappa shape index (κ3) is 2.59. The van der Waals surface area contributed by atoms with Crippen LogP contribution in [0.3, 0.4) is 0 Å². The second kappa shape index (κ2) is 4.59. The van der Waals surface area contributed by atoms with E-state index < -0.39 is 0 Å². The molecule has 2 nitrogen and oxygen atoms in total. The zero-order valence-corrected chi connectivity index (χ0v) is 6.78. The molecule has 3 heteroatoms. The fourth-order valence-corrected chi connectivity index (χ4v) is 1.81. The molecule has 56 valence electrons. The van der Waals surface area contributed by atoms with Crippen molar-refractivity contribution < 1.29 is 0 Å². The fourth-order valence-electron chi connectivity index (χ4n) is 0.834. The Morgan fingerprint density at radius 1 is 1.60 bits per heavy atom. The summed E-state index contributed by atoms with van der Waals surface area (Å²) in [6.07, 6.45) is 0.699. The molecule has 0 amide bonds. The molecule has 10 heavy (non-hydrogen) atoms. The van der Waals surface area contributed by atoms with E-state index in [-0.39, 0.29) is 0 Å².